The molecule has 4 nitrogen and oxygen atoms in total. The Hall–Kier alpha value is 0.0569. The van der Waals surface area contributed by atoms with E-state index in [4.69, 9.17) is 4.43 Å². The van der Waals surface area contributed by atoms with Gasteiger partial charge in [-0.05, 0) is 33.5 Å². The largest absolute Gasteiger partial charge is 0.418 e. The smallest absolute Gasteiger partial charge is 0.151 e. The van der Waals surface area contributed by atoms with Crippen molar-refractivity contribution in [2.24, 2.45) is 0 Å². The molecule has 0 spiro atoms. The van der Waals surface area contributed by atoms with Gasteiger partial charge in [-0.1, -0.05) is 20.8 Å². The van der Waals surface area contributed by atoms with E-state index in [1.54, 1.807) is 0 Å². The standard InChI is InChI=1S/C10H27N3OSi/c1-6-11-10(12-7-2,13-8-3)9(4,5)14-15/h11-13H,6-8H2,1-5,15H3. The van der Waals surface area contributed by atoms with Crippen LogP contribution in [0.3, 0.4) is 0 Å². The Morgan fingerprint density at radius 3 is 1.47 bits per heavy atom. The topological polar surface area (TPSA) is 45.3 Å². The number of rotatable bonds is 8. The average Bonchev–Trinajstić information content (AvgIpc) is 2.18. The van der Waals surface area contributed by atoms with Crippen molar-refractivity contribution in [3.05, 3.63) is 0 Å². The van der Waals surface area contributed by atoms with Crippen LogP contribution in [0.5, 0.6) is 0 Å². The lowest BCUT2D eigenvalue weighted by atomic mass is 9.98. The third-order valence-corrected chi connectivity index (χ3v) is 3.76. The first-order valence-corrected chi connectivity index (χ1v) is 6.61. The van der Waals surface area contributed by atoms with Crippen molar-refractivity contribution in [2.45, 2.75) is 46.0 Å². The van der Waals surface area contributed by atoms with Crippen LogP contribution in [0, 0.1) is 0 Å². The lowest BCUT2D eigenvalue weighted by Gasteiger charge is -2.47. The van der Waals surface area contributed by atoms with Gasteiger partial charge in [0.2, 0.25) is 0 Å². The van der Waals surface area contributed by atoms with E-state index in [2.05, 4.69) is 50.6 Å². The molecule has 0 aliphatic carbocycles. The first-order valence-electron chi connectivity index (χ1n) is 5.79. The van der Waals surface area contributed by atoms with Crippen molar-refractivity contribution >= 4 is 10.5 Å². The quantitative estimate of drug-likeness (QED) is 0.392. The van der Waals surface area contributed by atoms with Gasteiger partial charge in [0.15, 0.2) is 5.79 Å². The summed E-state index contributed by atoms with van der Waals surface area (Å²) in [5, 5.41) is 10.4. The van der Waals surface area contributed by atoms with Crippen LogP contribution in [0.15, 0.2) is 0 Å². The predicted octanol–water partition coefficient (Wildman–Crippen LogP) is -0.456. The predicted molar refractivity (Wildman–Crippen MR) is 68.9 cm³/mol. The van der Waals surface area contributed by atoms with Crippen molar-refractivity contribution in [3.63, 3.8) is 0 Å². The molecule has 0 atom stereocenters. The second-order valence-electron chi connectivity index (χ2n) is 4.06. The van der Waals surface area contributed by atoms with Gasteiger partial charge in [-0.2, -0.15) is 0 Å². The fourth-order valence-electron chi connectivity index (χ4n) is 1.77. The average molecular weight is 233 g/mol. The molecule has 0 saturated carbocycles. The Labute approximate surface area is 97.1 Å². The van der Waals surface area contributed by atoms with Gasteiger partial charge in [-0.15, -0.1) is 0 Å². The molecule has 0 aromatic heterocycles. The van der Waals surface area contributed by atoms with Crippen LogP contribution in [0.25, 0.3) is 0 Å². The van der Waals surface area contributed by atoms with Crippen molar-refractivity contribution in [1.29, 1.82) is 0 Å². The Bertz CT molecular complexity index is 159. The summed E-state index contributed by atoms with van der Waals surface area (Å²) in [6.45, 7) is 13.2. The van der Waals surface area contributed by atoms with E-state index in [0.29, 0.717) is 0 Å². The SMILES string of the molecule is CCNC(NCC)(NCC)C(C)(C)O[SiH3]. The minimum atomic E-state index is -0.340. The fraction of sp³-hybridized carbons (Fsp3) is 1.00. The van der Waals surface area contributed by atoms with Gasteiger partial charge < -0.3 is 4.43 Å². The van der Waals surface area contributed by atoms with E-state index >= 15 is 0 Å². The highest BCUT2D eigenvalue weighted by Crippen LogP contribution is 2.20. The zero-order chi connectivity index (χ0) is 11.9. The fourth-order valence-corrected chi connectivity index (χ4v) is 2.08. The van der Waals surface area contributed by atoms with Crippen molar-refractivity contribution < 1.29 is 4.43 Å². The maximum Gasteiger partial charge on any atom is 0.151 e. The molecule has 0 saturated heterocycles. The molecular formula is C10H27N3OSi. The van der Waals surface area contributed by atoms with Gasteiger partial charge in [-0.25, -0.2) is 0 Å². The maximum atomic E-state index is 5.71. The second-order valence-corrected chi connectivity index (χ2v) is 4.46. The molecule has 92 valence electrons. The van der Waals surface area contributed by atoms with Gasteiger partial charge in [0.25, 0.3) is 0 Å². The molecule has 0 fully saturated rings. The van der Waals surface area contributed by atoms with Gasteiger partial charge in [0.05, 0.1) is 5.60 Å². The molecule has 0 radical (unpaired) electrons. The molecule has 0 aliphatic rings. The summed E-state index contributed by atoms with van der Waals surface area (Å²) in [5.74, 6) is -0.340. The summed E-state index contributed by atoms with van der Waals surface area (Å²) in [5.41, 5.74) is -0.263. The number of hydrogen-bond acceptors (Lipinski definition) is 4. The molecule has 0 heterocycles. The normalized spacial score (nSPS) is 13.4. The maximum absolute atomic E-state index is 5.71. The van der Waals surface area contributed by atoms with Gasteiger partial charge in [0, 0.05) is 0 Å². The first kappa shape index (κ1) is 15.1. The van der Waals surface area contributed by atoms with E-state index < -0.39 is 0 Å². The Morgan fingerprint density at radius 1 is 0.933 bits per heavy atom. The molecule has 0 amide bonds. The molecule has 0 unspecified atom stereocenters. The monoisotopic (exact) mass is 233 g/mol. The summed E-state index contributed by atoms with van der Waals surface area (Å²) >= 11 is 0. The molecule has 0 aromatic carbocycles. The lowest BCUT2D eigenvalue weighted by Crippen LogP contribution is -2.77. The summed E-state index contributed by atoms with van der Waals surface area (Å²) in [4.78, 5) is 0. The molecule has 15 heavy (non-hydrogen) atoms. The minimum Gasteiger partial charge on any atom is -0.418 e. The van der Waals surface area contributed by atoms with Crippen molar-refractivity contribution in [1.82, 2.24) is 16.0 Å². The van der Waals surface area contributed by atoms with E-state index in [1.165, 1.54) is 0 Å². The Kier molecular flexibility index (Phi) is 6.62. The molecule has 0 rings (SSSR count). The molecular weight excluding hydrogens is 206 g/mol. The van der Waals surface area contributed by atoms with E-state index in [-0.39, 0.29) is 11.4 Å². The zero-order valence-corrected chi connectivity index (χ0v) is 13.0. The summed E-state index contributed by atoms with van der Waals surface area (Å²) in [6.07, 6.45) is 0. The third-order valence-electron chi connectivity index (χ3n) is 2.74. The Balaban J connectivity index is 4.90. The van der Waals surface area contributed by atoms with Gasteiger partial charge >= 0.3 is 0 Å². The number of nitrogens with one attached hydrogen (secondary N) is 3. The second kappa shape index (κ2) is 6.60. The first-order chi connectivity index (χ1) is 6.99. The minimum absolute atomic E-state index is 0.263. The highest BCUT2D eigenvalue weighted by molar-refractivity contribution is 5.98. The summed E-state index contributed by atoms with van der Waals surface area (Å²) in [7, 11) is 0.730. The third kappa shape index (κ3) is 3.53. The molecule has 0 bridgehead atoms. The van der Waals surface area contributed by atoms with Crippen molar-refractivity contribution in [2.75, 3.05) is 19.6 Å². The molecule has 0 aromatic rings. The summed E-state index contributed by atoms with van der Waals surface area (Å²) < 4.78 is 5.71. The van der Waals surface area contributed by atoms with Crippen LogP contribution in [-0.2, 0) is 4.43 Å². The van der Waals surface area contributed by atoms with Gasteiger partial charge in [-0.3, -0.25) is 16.0 Å². The van der Waals surface area contributed by atoms with Crippen LogP contribution in [0.4, 0.5) is 0 Å². The number of hydrogen-bond donors (Lipinski definition) is 3. The van der Waals surface area contributed by atoms with Crippen molar-refractivity contribution in [3.8, 4) is 0 Å². The van der Waals surface area contributed by atoms with E-state index in [1.807, 2.05) is 0 Å². The van der Waals surface area contributed by atoms with E-state index in [9.17, 15) is 0 Å². The Morgan fingerprint density at radius 2 is 1.27 bits per heavy atom. The molecule has 3 N–H and O–H groups in total. The lowest BCUT2D eigenvalue weighted by molar-refractivity contribution is -0.0325. The van der Waals surface area contributed by atoms with Crippen LogP contribution in [0.2, 0.25) is 0 Å². The highest BCUT2D eigenvalue weighted by atomic mass is 28.2. The molecule has 5 heteroatoms. The molecule has 0 aliphatic heterocycles. The number of likely N-dealkylation sites (N-methyl/N-ethyl adjacent to an activating group) is 3. The van der Waals surface area contributed by atoms with E-state index in [0.717, 1.165) is 30.1 Å². The van der Waals surface area contributed by atoms with Crippen LogP contribution >= 0.6 is 0 Å². The summed E-state index contributed by atoms with van der Waals surface area (Å²) in [6, 6.07) is 0. The highest BCUT2D eigenvalue weighted by Gasteiger charge is 2.43. The van der Waals surface area contributed by atoms with Crippen LogP contribution in [0.1, 0.15) is 34.6 Å². The van der Waals surface area contributed by atoms with Gasteiger partial charge in [0.1, 0.15) is 10.5 Å². The zero-order valence-electron chi connectivity index (χ0n) is 11.0. The van der Waals surface area contributed by atoms with Crippen LogP contribution < -0.4 is 16.0 Å². The van der Waals surface area contributed by atoms with Crippen LogP contribution in [-0.4, -0.2) is 41.5 Å².